The van der Waals surface area contributed by atoms with E-state index in [1.807, 2.05) is 0 Å². The SMILES string of the molecule is CCOC(=O)c1ccccc1NC(=O)[C@H]1CCC(=O)N1[C@H]1OC(=O)c2ccccc21. The number of benzene rings is 2. The monoisotopic (exact) mass is 408 g/mol. The molecule has 154 valence electrons. The summed E-state index contributed by atoms with van der Waals surface area (Å²) < 4.78 is 10.5. The van der Waals surface area contributed by atoms with Crippen molar-refractivity contribution >= 4 is 29.4 Å². The molecule has 0 saturated carbocycles. The second-order valence-corrected chi connectivity index (χ2v) is 6.96. The predicted octanol–water partition coefficient (Wildman–Crippen LogP) is 2.66. The number of amides is 2. The van der Waals surface area contributed by atoms with Crippen molar-refractivity contribution in [1.29, 1.82) is 0 Å². The molecule has 0 aromatic heterocycles. The smallest absolute Gasteiger partial charge is 0.340 e. The molecule has 4 rings (SSSR count). The summed E-state index contributed by atoms with van der Waals surface area (Å²) in [5.41, 5.74) is 1.46. The number of nitrogens with one attached hydrogen (secondary N) is 1. The van der Waals surface area contributed by atoms with Crippen LogP contribution < -0.4 is 5.32 Å². The number of fused-ring (bicyclic) bond motifs is 1. The van der Waals surface area contributed by atoms with Crippen molar-refractivity contribution in [2.45, 2.75) is 32.0 Å². The van der Waals surface area contributed by atoms with Gasteiger partial charge in [-0.25, -0.2) is 9.59 Å². The first-order valence-electron chi connectivity index (χ1n) is 9.69. The van der Waals surface area contributed by atoms with E-state index in [9.17, 15) is 19.2 Å². The molecule has 0 spiro atoms. The van der Waals surface area contributed by atoms with Gasteiger partial charge in [-0.15, -0.1) is 0 Å². The van der Waals surface area contributed by atoms with Gasteiger partial charge in [0.2, 0.25) is 18.0 Å². The number of rotatable bonds is 5. The standard InChI is InChI=1S/C22H20N2O6/c1-2-29-21(27)15-9-5-6-10-16(15)23-19(26)17-11-12-18(25)24(17)20-13-7-3-4-8-14(13)22(28)30-20/h3-10,17,20H,2,11-12H2,1H3,(H,23,26)/t17-,20+/m1/s1. The van der Waals surface area contributed by atoms with Crippen LogP contribution >= 0.6 is 0 Å². The quantitative estimate of drug-likeness (QED) is 0.763. The molecule has 2 atom stereocenters. The molecule has 2 aliphatic rings. The average Bonchev–Trinajstić information content (AvgIpc) is 3.28. The van der Waals surface area contributed by atoms with Crippen LogP contribution in [-0.2, 0) is 19.1 Å². The summed E-state index contributed by atoms with van der Waals surface area (Å²) in [6, 6.07) is 12.5. The second kappa shape index (κ2) is 7.98. The largest absolute Gasteiger partial charge is 0.462 e. The van der Waals surface area contributed by atoms with E-state index in [0.717, 1.165) is 0 Å². The lowest BCUT2D eigenvalue weighted by Crippen LogP contribution is -2.44. The molecule has 1 fully saturated rings. The molecule has 0 unspecified atom stereocenters. The third kappa shape index (κ3) is 3.41. The third-order valence-electron chi connectivity index (χ3n) is 5.16. The van der Waals surface area contributed by atoms with Crippen LogP contribution in [0.3, 0.4) is 0 Å². The van der Waals surface area contributed by atoms with E-state index in [1.54, 1.807) is 55.5 Å². The fraction of sp³-hybridized carbons (Fsp3) is 0.273. The molecule has 1 saturated heterocycles. The first-order valence-corrected chi connectivity index (χ1v) is 9.69. The van der Waals surface area contributed by atoms with Gasteiger partial charge in [0.1, 0.15) is 6.04 Å². The van der Waals surface area contributed by atoms with Gasteiger partial charge in [-0.3, -0.25) is 14.5 Å². The Morgan fingerprint density at radius 2 is 1.87 bits per heavy atom. The Balaban J connectivity index is 1.59. The molecule has 8 nitrogen and oxygen atoms in total. The maximum Gasteiger partial charge on any atom is 0.340 e. The first kappa shape index (κ1) is 19.6. The van der Waals surface area contributed by atoms with Crippen molar-refractivity contribution in [3.63, 3.8) is 0 Å². The number of nitrogens with zero attached hydrogens (tertiary/aromatic N) is 1. The number of hydrogen-bond donors (Lipinski definition) is 1. The highest BCUT2D eigenvalue weighted by Gasteiger charge is 2.46. The zero-order valence-corrected chi connectivity index (χ0v) is 16.3. The molecule has 2 aliphatic heterocycles. The number of cyclic esters (lactones) is 1. The van der Waals surface area contributed by atoms with Gasteiger partial charge in [0.25, 0.3) is 0 Å². The van der Waals surface area contributed by atoms with Crippen LogP contribution in [0.1, 0.15) is 52.3 Å². The summed E-state index contributed by atoms with van der Waals surface area (Å²) in [7, 11) is 0. The molecule has 2 aromatic carbocycles. The lowest BCUT2D eigenvalue weighted by Gasteiger charge is -2.29. The molecule has 2 aromatic rings. The number of ether oxygens (including phenoxy) is 2. The van der Waals surface area contributed by atoms with E-state index >= 15 is 0 Å². The Kier molecular flexibility index (Phi) is 5.22. The maximum absolute atomic E-state index is 13.1. The molecule has 0 aliphatic carbocycles. The van der Waals surface area contributed by atoms with Crippen molar-refractivity contribution in [3.8, 4) is 0 Å². The van der Waals surface area contributed by atoms with Gasteiger partial charge in [-0.1, -0.05) is 30.3 Å². The minimum absolute atomic E-state index is 0.161. The molecule has 2 heterocycles. The van der Waals surface area contributed by atoms with Crippen LogP contribution in [0.4, 0.5) is 5.69 Å². The predicted molar refractivity (Wildman–Crippen MR) is 105 cm³/mol. The van der Waals surface area contributed by atoms with E-state index in [2.05, 4.69) is 5.32 Å². The molecular weight excluding hydrogens is 388 g/mol. The molecule has 0 radical (unpaired) electrons. The molecule has 1 N–H and O–H groups in total. The van der Waals surface area contributed by atoms with E-state index in [0.29, 0.717) is 16.8 Å². The summed E-state index contributed by atoms with van der Waals surface area (Å²) in [6.45, 7) is 1.90. The summed E-state index contributed by atoms with van der Waals surface area (Å²) in [4.78, 5) is 51.3. The maximum atomic E-state index is 13.1. The van der Waals surface area contributed by atoms with Crippen LogP contribution in [0.25, 0.3) is 0 Å². The van der Waals surface area contributed by atoms with Crippen LogP contribution in [0.5, 0.6) is 0 Å². The Morgan fingerprint density at radius 3 is 2.67 bits per heavy atom. The van der Waals surface area contributed by atoms with E-state index in [4.69, 9.17) is 9.47 Å². The van der Waals surface area contributed by atoms with Gasteiger partial charge >= 0.3 is 11.9 Å². The molecule has 0 bridgehead atoms. The minimum Gasteiger partial charge on any atom is -0.462 e. The van der Waals surface area contributed by atoms with E-state index in [1.165, 1.54) is 4.90 Å². The number of likely N-dealkylation sites (tertiary alicyclic amines) is 1. The fourth-order valence-corrected chi connectivity index (χ4v) is 3.78. The van der Waals surface area contributed by atoms with Crippen molar-refractivity contribution in [2.75, 3.05) is 11.9 Å². The third-order valence-corrected chi connectivity index (χ3v) is 5.16. The lowest BCUT2D eigenvalue weighted by atomic mass is 10.1. The second-order valence-electron chi connectivity index (χ2n) is 6.96. The highest BCUT2D eigenvalue weighted by atomic mass is 16.6. The topological polar surface area (TPSA) is 102 Å². The Morgan fingerprint density at radius 1 is 1.13 bits per heavy atom. The zero-order valence-electron chi connectivity index (χ0n) is 16.3. The van der Waals surface area contributed by atoms with Crippen LogP contribution in [0, 0.1) is 0 Å². The summed E-state index contributed by atoms with van der Waals surface area (Å²) >= 11 is 0. The molecular formula is C22H20N2O6. The number of esters is 2. The Hall–Kier alpha value is -3.68. The molecule has 30 heavy (non-hydrogen) atoms. The van der Waals surface area contributed by atoms with Gasteiger partial charge in [0, 0.05) is 12.0 Å². The van der Waals surface area contributed by atoms with Crippen molar-refractivity contribution in [3.05, 3.63) is 65.2 Å². The minimum atomic E-state index is -0.945. The van der Waals surface area contributed by atoms with Gasteiger partial charge < -0.3 is 14.8 Å². The van der Waals surface area contributed by atoms with Gasteiger partial charge in [0.05, 0.1) is 23.4 Å². The first-order chi connectivity index (χ1) is 14.5. The number of carbonyl (C=O) groups excluding carboxylic acids is 4. The number of carbonyl (C=O) groups is 4. The average molecular weight is 408 g/mol. The van der Waals surface area contributed by atoms with Gasteiger partial charge in [-0.05, 0) is 31.5 Å². The zero-order chi connectivity index (χ0) is 21.3. The van der Waals surface area contributed by atoms with Crippen LogP contribution in [-0.4, -0.2) is 41.3 Å². The normalized spacial score (nSPS) is 20.0. The summed E-state index contributed by atoms with van der Waals surface area (Å²) in [5.74, 6) is -1.81. The summed E-state index contributed by atoms with van der Waals surface area (Å²) in [5, 5.41) is 2.73. The number of para-hydroxylation sites is 1. The highest BCUT2D eigenvalue weighted by Crippen LogP contribution is 2.38. The summed E-state index contributed by atoms with van der Waals surface area (Å²) in [6.07, 6.45) is -0.504. The molecule has 8 heteroatoms. The Labute approximate surface area is 172 Å². The number of anilines is 1. The fourth-order valence-electron chi connectivity index (χ4n) is 3.78. The Bertz CT molecular complexity index is 1030. The van der Waals surface area contributed by atoms with Crippen LogP contribution in [0.15, 0.2) is 48.5 Å². The van der Waals surface area contributed by atoms with Gasteiger partial charge in [-0.2, -0.15) is 0 Å². The van der Waals surface area contributed by atoms with Crippen molar-refractivity contribution < 1.29 is 28.7 Å². The van der Waals surface area contributed by atoms with Crippen molar-refractivity contribution in [1.82, 2.24) is 4.90 Å². The lowest BCUT2D eigenvalue weighted by molar-refractivity contribution is -0.144. The van der Waals surface area contributed by atoms with E-state index in [-0.39, 0.29) is 30.9 Å². The van der Waals surface area contributed by atoms with Crippen molar-refractivity contribution in [2.24, 2.45) is 0 Å². The van der Waals surface area contributed by atoms with Crippen LogP contribution in [0.2, 0.25) is 0 Å². The van der Waals surface area contributed by atoms with E-state index < -0.39 is 30.1 Å². The van der Waals surface area contributed by atoms with Gasteiger partial charge in [0.15, 0.2) is 0 Å². The molecule has 2 amide bonds. The number of hydrogen-bond acceptors (Lipinski definition) is 6. The highest BCUT2D eigenvalue weighted by molar-refractivity contribution is 6.04.